The molecule has 24 heavy (non-hydrogen) atoms. The molecule has 1 amide bonds. The smallest absolute Gasteiger partial charge is 0.243 e. The van der Waals surface area contributed by atoms with E-state index in [-0.39, 0.29) is 18.5 Å². The number of halogens is 1. The van der Waals surface area contributed by atoms with Gasteiger partial charge in [0.2, 0.25) is 11.7 Å². The van der Waals surface area contributed by atoms with Crippen molar-refractivity contribution < 1.29 is 4.79 Å². The van der Waals surface area contributed by atoms with Crippen molar-refractivity contribution in [2.45, 2.75) is 26.1 Å². The Labute approximate surface area is 142 Å². The Hall–Kier alpha value is -2.81. The van der Waals surface area contributed by atoms with Crippen LogP contribution in [0.4, 0.5) is 0 Å². The van der Waals surface area contributed by atoms with E-state index in [1.54, 1.807) is 35.3 Å². The summed E-state index contributed by atoms with van der Waals surface area (Å²) in [6.45, 7) is 2.41. The maximum absolute atomic E-state index is 12.0. The predicted octanol–water partition coefficient (Wildman–Crippen LogP) is 0.790. The molecule has 3 rings (SSSR count). The van der Waals surface area contributed by atoms with Crippen molar-refractivity contribution in [3.63, 3.8) is 0 Å². The number of nitrogens with one attached hydrogen (secondary N) is 1. The summed E-state index contributed by atoms with van der Waals surface area (Å²) in [6.07, 6.45) is 3.05. The number of carbonyl (C=O) groups is 1. The average Bonchev–Trinajstić information content (AvgIpc) is 3.19. The van der Waals surface area contributed by atoms with E-state index in [1.165, 1.54) is 11.1 Å². The van der Waals surface area contributed by atoms with Crippen molar-refractivity contribution >= 4 is 17.5 Å². The minimum absolute atomic E-state index is 0.0116. The minimum atomic E-state index is -0.206. The third-order valence-corrected chi connectivity index (χ3v) is 3.43. The summed E-state index contributed by atoms with van der Waals surface area (Å²) in [4.78, 5) is 17.1. The second-order valence-corrected chi connectivity index (χ2v) is 5.67. The molecule has 0 radical (unpaired) electrons. The third-order valence-electron chi connectivity index (χ3n) is 3.18. The van der Waals surface area contributed by atoms with Crippen molar-refractivity contribution in [1.29, 1.82) is 0 Å². The maximum Gasteiger partial charge on any atom is 0.243 e. The average molecular weight is 347 g/mol. The van der Waals surface area contributed by atoms with Crippen molar-refractivity contribution in [2.24, 2.45) is 0 Å². The summed E-state index contributed by atoms with van der Waals surface area (Å²) in [5, 5.41) is 19.5. The van der Waals surface area contributed by atoms with Crippen LogP contribution in [0.15, 0.2) is 36.9 Å². The first-order valence-corrected chi connectivity index (χ1v) is 7.63. The number of carbonyl (C=O) groups excluding carboxylic acids is 1. The molecule has 0 fully saturated rings. The second kappa shape index (κ2) is 7.18. The van der Waals surface area contributed by atoms with Gasteiger partial charge in [0.1, 0.15) is 19.2 Å². The highest BCUT2D eigenvalue weighted by molar-refractivity contribution is 6.30. The standard InChI is InChI=1S/C14H15ClN8O/c1-10(6-22-9-16-8-17-22)18-13(24)7-23-20-14(19-21-23)11-2-4-12(15)5-3-11/h2-5,8-10H,6-7H2,1H3,(H,18,24)/t10-/m0/s1. The van der Waals surface area contributed by atoms with Gasteiger partial charge >= 0.3 is 0 Å². The van der Waals surface area contributed by atoms with E-state index in [9.17, 15) is 4.79 Å². The molecule has 0 aliphatic carbocycles. The molecule has 9 nitrogen and oxygen atoms in total. The fourth-order valence-corrected chi connectivity index (χ4v) is 2.25. The molecule has 1 atom stereocenters. The molecule has 0 spiro atoms. The molecule has 3 aromatic rings. The van der Waals surface area contributed by atoms with Crippen LogP contribution in [-0.2, 0) is 17.9 Å². The zero-order valence-electron chi connectivity index (χ0n) is 12.9. The molecule has 1 aromatic carbocycles. The maximum atomic E-state index is 12.0. The molecule has 2 aromatic heterocycles. The number of hydrogen-bond acceptors (Lipinski definition) is 6. The van der Waals surface area contributed by atoms with E-state index in [0.717, 1.165) is 5.56 Å². The van der Waals surface area contributed by atoms with Crippen LogP contribution in [0.25, 0.3) is 11.4 Å². The zero-order valence-corrected chi connectivity index (χ0v) is 13.6. The van der Waals surface area contributed by atoms with Crippen LogP contribution in [0.1, 0.15) is 6.92 Å². The Morgan fingerprint density at radius 3 is 2.83 bits per heavy atom. The lowest BCUT2D eigenvalue weighted by Gasteiger charge is -2.12. The molecule has 124 valence electrons. The number of amides is 1. The zero-order chi connectivity index (χ0) is 16.9. The fraction of sp³-hybridized carbons (Fsp3) is 0.286. The Kier molecular flexibility index (Phi) is 4.80. The van der Waals surface area contributed by atoms with E-state index >= 15 is 0 Å². The van der Waals surface area contributed by atoms with Crippen molar-refractivity contribution in [3.8, 4) is 11.4 Å². The number of nitrogens with zero attached hydrogens (tertiary/aromatic N) is 7. The summed E-state index contributed by atoms with van der Waals surface area (Å²) < 4.78 is 1.65. The van der Waals surface area contributed by atoms with E-state index in [2.05, 4.69) is 30.8 Å². The first kappa shape index (κ1) is 16.1. The lowest BCUT2D eigenvalue weighted by atomic mass is 10.2. The summed E-state index contributed by atoms with van der Waals surface area (Å²) in [7, 11) is 0. The lowest BCUT2D eigenvalue weighted by molar-refractivity contribution is -0.122. The van der Waals surface area contributed by atoms with Gasteiger partial charge in [-0.15, -0.1) is 10.2 Å². The number of tetrazole rings is 1. The summed E-state index contributed by atoms with van der Waals surface area (Å²) in [5.74, 6) is 0.234. The SMILES string of the molecule is C[C@@H](Cn1cncn1)NC(=O)Cn1nnc(-c2ccc(Cl)cc2)n1. The highest BCUT2D eigenvalue weighted by Crippen LogP contribution is 2.16. The van der Waals surface area contributed by atoms with Crippen LogP contribution in [-0.4, -0.2) is 46.9 Å². The molecule has 10 heteroatoms. The van der Waals surface area contributed by atoms with Crippen LogP contribution in [0.5, 0.6) is 0 Å². The van der Waals surface area contributed by atoms with E-state index in [4.69, 9.17) is 11.6 Å². The normalized spacial score (nSPS) is 12.1. The van der Waals surface area contributed by atoms with Gasteiger partial charge in [0, 0.05) is 16.6 Å². The molecular weight excluding hydrogens is 332 g/mol. The van der Waals surface area contributed by atoms with Gasteiger partial charge in [-0.3, -0.25) is 9.48 Å². The van der Waals surface area contributed by atoms with Crippen molar-refractivity contribution in [2.75, 3.05) is 0 Å². The van der Waals surface area contributed by atoms with Crippen LogP contribution >= 0.6 is 11.6 Å². The van der Waals surface area contributed by atoms with Gasteiger partial charge in [-0.2, -0.15) is 9.90 Å². The van der Waals surface area contributed by atoms with E-state index in [1.807, 2.05) is 6.92 Å². The van der Waals surface area contributed by atoms with Crippen LogP contribution < -0.4 is 5.32 Å². The first-order chi connectivity index (χ1) is 11.6. The fourth-order valence-electron chi connectivity index (χ4n) is 2.13. The van der Waals surface area contributed by atoms with E-state index < -0.39 is 0 Å². The van der Waals surface area contributed by atoms with Gasteiger partial charge in [-0.1, -0.05) is 11.6 Å². The number of benzene rings is 1. The molecule has 0 unspecified atom stereocenters. The third kappa shape index (κ3) is 4.13. The van der Waals surface area contributed by atoms with Crippen LogP contribution in [0, 0.1) is 0 Å². The molecule has 0 bridgehead atoms. The van der Waals surface area contributed by atoms with Crippen molar-refractivity contribution in [1.82, 2.24) is 40.3 Å². The van der Waals surface area contributed by atoms with Gasteiger partial charge < -0.3 is 5.32 Å². The molecule has 2 heterocycles. The van der Waals surface area contributed by atoms with Gasteiger partial charge in [0.05, 0.1) is 6.54 Å². The molecule has 0 saturated carbocycles. The second-order valence-electron chi connectivity index (χ2n) is 5.24. The number of aromatic nitrogens is 7. The molecule has 0 aliphatic rings. The van der Waals surface area contributed by atoms with Crippen molar-refractivity contribution in [3.05, 3.63) is 41.9 Å². The summed E-state index contributed by atoms with van der Waals surface area (Å²) in [6, 6.07) is 6.98. The molecular formula is C14H15ClN8O. The Morgan fingerprint density at radius 2 is 2.12 bits per heavy atom. The Morgan fingerprint density at radius 1 is 1.33 bits per heavy atom. The quantitative estimate of drug-likeness (QED) is 0.707. The van der Waals surface area contributed by atoms with Gasteiger partial charge in [-0.05, 0) is 36.4 Å². The largest absolute Gasteiger partial charge is 0.350 e. The van der Waals surface area contributed by atoms with Gasteiger partial charge in [-0.25, -0.2) is 4.98 Å². The summed E-state index contributed by atoms with van der Waals surface area (Å²) >= 11 is 5.85. The molecule has 1 N–H and O–H groups in total. The van der Waals surface area contributed by atoms with E-state index in [0.29, 0.717) is 17.4 Å². The van der Waals surface area contributed by atoms with Crippen LogP contribution in [0.2, 0.25) is 5.02 Å². The topological polar surface area (TPSA) is 103 Å². The lowest BCUT2D eigenvalue weighted by Crippen LogP contribution is -2.38. The Balaban J connectivity index is 1.56. The summed E-state index contributed by atoms with van der Waals surface area (Å²) in [5.41, 5.74) is 0.783. The monoisotopic (exact) mass is 346 g/mol. The molecule has 0 aliphatic heterocycles. The van der Waals surface area contributed by atoms with Crippen LogP contribution in [0.3, 0.4) is 0 Å². The Bertz CT molecular complexity index is 799. The van der Waals surface area contributed by atoms with Gasteiger partial charge in [0.15, 0.2) is 0 Å². The predicted molar refractivity (Wildman–Crippen MR) is 85.9 cm³/mol. The minimum Gasteiger partial charge on any atom is -0.350 e. The highest BCUT2D eigenvalue weighted by atomic mass is 35.5. The van der Waals surface area contributed by atoms with Gasteiger partial charge in [0.25, 0.3) is 0 Å². The first-order valence-electron chi connectivity index (χ1n) is 7.25. The number of hydrogen-bond donors (Lipinski definition) is 1. The highest BCUT2D eigenvalue weighted by Gasteiger charge is 2.12. The number of rotatable bonds is 6. The molecule has 0 saturated heterocycles.